The molecule has 0 spiro atoms. The van der Waals surface area contributed by atoms with Gasteiger partial charge in [0.15, 0.2) is 0 Å². The van der Waals surface area contributed by atoms with Gasteiger partial charge >= 0.3 is 0 Å². The number of benzene rings is 2. The van der Waals surface area contributed by atoms with Gasteiger partial charge in [0, 0.05) is 12.4 Å². The van der Waals surface area contributed by atoms with Crippen LogP contribution in [0.4, 0.5) is 0 Å². The number of hydrogen-bond donors (Lipinski definition) is 2. The number of rotatable bonds is 6. The Labute approximate surface area is 145 Å². The lowest BCUT2D eigenvalue weighted by Crippen LogP contribution is -2.38. The van der Waals surface area contributed by atoms with Crippen LogP contribution in [0.25, 0.3) is 5.69 Å². The molecule has 0 unspecified atom stereocenters. The first-order valence-electron chi connectivity index (χ1n) is 7.86. The van der Waals surface area contributed by atoms with Gasteiger partial charge in [-0.05, 0) is 29.3 Å². The van der Waals surface area contributed by atoms with Crippen molar-refractivity contribution in [3.63, 3.8) is 0 Å². The van der Waals surface area contributed by atoms with Crippen LogP contribution in [-0.2, 0) is 16.0 Å². The molecule has 0 saturated heterocycles. The van der Waals surface area contributed by atoms with E-state index in [4.69, 9.17) is 5.73 Å². The third-order valence-electron chi connectivity index (χ3n) is 3.79. The fourth-order valence-electron chi connectivity index (χ4n) is 2.55. The molecule has 6 nitrogen and oxygen atoms in total. The van der Waals surface area contributed by atoms with Crippen molar-refractivity contribution in [1.82, 2.24) is 15.1 Å². The van der Waals surface area contributed by atoms with E-state index in [1.165, 1.54) is 0 Å². The third kappa shape index (κ3) is 4.11. The molecule has 1 atom stereocenters. The maximum absolute atomic E-state index is 12.3. The minimum absolute atomic E-state index is 0.163. The fraction of sp³-hybridized carbons (Fsp3) is 0.105. The van der Waals surface area contributed by atoms with E-state index in [1.54, 1.807) is 35.1 Å². The maximum Gasteiger partial charge on any atom is 0.244 e. The van der Waals surface area contributed by atoms with Gasteiger partial charge in [0.2, 0.25) is 11.8 Å². The quantitative estimate of drug-likeness (QED) is 0.720. The van der Waals surface area contributed by atoms with E-state index in [0.29, 0.717) is 5.56 Å². The van der Waals surface area contributed by atoms with Crippen molar-refractivity contribution in [3.8, 4) is 5.69 Å². The summed E-state index contributed by atoms with van der Waals surface area (Å²) in [5.74, 6) is -0.854. The van der Waals surface area contributed by atoms with Crippen LogP contribution in [0, 0.1) is 0 Å². The summed E-state index contributed by atoms with van der Waals surface area (Å²) in [6, 6.07) is 17.4. The first-order chi connectivity index (χ1) is 12.1. The summed E-state index contributed by atoms with van der Waals surface area (Å²) < 4.78 is 1.74. The summed E-state index contributed by atoms with van der Waals surface area (Å²) in [5.41, 5.74) is 7.83. The number of carbonyl (C=O) groups excluding carboxylic acids is 2. The second kappa shape index (κ2) is 7.44. The Morgan fingerprint density at radius 3 is 2.36 bits per heavy atom. The molecule has 126 valence electrons. The van der Waals surface area contributed by atoms with E-state index in [1.807, 2.05) is 42.6 Å². The lowest BCUT2D eigenvalue weighted by atomic mass is 10.1. The van der Waals surface area contributed by atoms with Crippen LogP contribution in [-0.4, -0.2) is 21.6 Å². The van der Waals surface area contributed by atoms with Gasteiger partial charge in [-0.15, -0.1) is 0 Å². The lowest BCUT2D eigenvalue weighted by molar-refractivity contribution is -0.127. The molecular weight excluding hydrogens is 316 g/mol. The van der Waals surface area contributed by atoms with E-state index in [-0.39, 0.29) is 12.3 Å². The van der Waals surface area contributed by atoms with Crippen molar-refractivity contribution in [2.24, 2.45) is 5.73 Å². The second-order valence-corrected chi connectivity index (χ2v) is 5.61. The highest BCUT2D eigenvalue weighted by atomic mass is 16.2. The number of hydrogen-bond acceptors (Lipinski definition) is 3. The normalized spacial score (nSPS) is 11.7. The highest BCUT2D eigenvalue weighted by Gasteiger charge is 2.19. The van der Waals surface area contributed by atoms with Crippen molar-refractivity contribution in [2.45, 2.75) is 12.5 Å². The Morgan fingerprint density at radius 1 is 1.04 bits per heavy atom. The maximum atomic E-state index is 12.3. The molecule has 0 fully saturated rings. The van der Waals surface area contributed by atoms with Gasteiger partial charge in [-0.25, -0.2) is 4.68 Å². The molecule has 25 heavy (non-hydrogen) atoms. The van der Waals surface area contributed by atoms with Crippen LogP contribution < -0.4 is 11.1 Å². The van der Waals surface area contributed by atoms with Gasteiger partial charge in [0.1, 0.15) is 6.04 Å². The molecule has 2 amide bonds. The number of aromatic nitrogens is 2. The van der Waals surface area contributed by atoms with Crippen LogP contribution in [0.3, 0.4) is 0 Å². The van der Waals surface area contributed by atoms with E-state index >= 15 is 0 Å². The van der Waals surface area contributed by atoms with Gasteiger partial charge < -0.3 is 11.1 Å². The molecule has 1 aromatic heterocycles. The molecule has 2 aromatic carbocycles. The average Bonchev–Trinajstić information content (AvgIpc) is 3.15. The fourth-order valence-corrected chi connectivity index (χ4v) is 2.55. The van der Waals surface area contributed by atoms with E-state index in [0.717, 1.165) is 11.3 Å². The Hall–Kier alpha value is -3.41. The zero-order valence-corrected chi connectivity index (χ0v) is 13.5. The van der Waals surface area contributed by atoms with Crippen LogP contribution in [0.1, 0.15) is 17.2 Å². The second-order valence-electron chi connectivity index (χ2n) is 5.61. The molecule has 3 N–H and O–H groups in total. The third-order valence-corrected chi connectivity index (χ3v) is 3.79. The molecule has 3 aromatic rings. The summed E-state index contributed by atoms with van der Waals surface area (Å²) in [7, 11) is 0. The van der Waals surface area contributed by atoms with Gasteiger partial charge in [-0.2, -0.15) is 5.10 Å². The monoisotopic (exact) mass is 334 g/mol. The summed E-state index contributed by atoms with van der Waals surface area (Å²) >= 11 is 0. The topological polar surface area (TPSA) is 90.0 Å². The zero-order valence-electron chi connectivity index (χ0n) is 13.5. The van der Waals surface area contributed by atoms with Crippen molar-refractivity contribution in [1.29, 1.82) is 0 Å². The molecular formula is C19H18N4O2. The molecule has 0 bridgehead atoms. The molecule has 6 heteroatoms. The predicted molar refractivity (Wildman–Crippen MR) is 93.8 cm³/mol. The summed E-state index contributed by atoms with van der Waals surface area (Å²) in [4.78, 5) is 23.9. The predicted octanol–water partition coefficient (Wildman–Crippen LogP) is 1.76. The zero-order chi connectivity index (χ0) is 17.6. The summed E-state index contributed by atoms with van der Waals surface area (Å²) in [5, 5.41) is 6.85. The van der Waals surface area contributed by atoms with E-state index in [9.17, 15) is 9.59 Å². The van der Waals surface area contributed by atoms with Crippen molar-refractivity contribution >= 4 is 11.8 Å². The van der Waals surface area contributed by atoms with E-state index in [2.05, 4.69) is 10.4 Å². The van der Waals surface area contributed by atoms with Crippen LogP contribution >= 0.6 is 0 Å². The standard InChI is InChI=1S/C19H18N4O2/c20-19(25)18(15-5-2-1-3-6-15)22-17(24)13-14-7-9-16(10-8-14)23-12-4-11-21-23/h1-12,18H,13H2,(H2,20,25)(H,22,24)/t18-/m0/s1. The van der Waals surface area contributed by atoms with Gasteiger partial charge in [-0.1, -0.05) is 42.5 Å². The Balaban J connectivity index is 1.66. The van der Waals surface area contributed by atoms with Gasteiger partial charge in [0.25, 0.3) is 0 Å². The molecule has 0 radical (unpaired) electrons. The largest absolute Gasteiger partial charge is 0.368 e. The van der Waals surface area contributed by atoms with Gasteiger partial charge in [0.05, 0.1) is 12.1 Å². The van der Waals surface area contributed by atoms with Crippen LogP contribution in [0.15, 0.2) is 73.1 Å². The lowest BCUT2D eigenvalue weighted by Gasteiger charge is -2.16. The Kier molecular flexibility index (Phi) is 4.89. The minimum atomic E-state index is -0.836. The highest BCUT2D eigenvalue weighted by Crippen LogP contribution is 2.13. The summed E-state index contributed by atoms with van der Waals surface area (Å²) in [6.45, 7) is 0. The Bertz CT molecular complexity index is 843. The van der Waals surface area contributed by atoms with Crippen molar-refractivity contribution in [3.05, 3.63) is 84.2 Å². The molecule has 3 rings (SSSR count). The van der Waals surface area contributed by atoms with Crippen LogP contribution in [0.5, 0.6) is 0 Å². The van der Waals surface area contributed by atoms with Crippen LogP contribution in [0.2, 0.25) is 0 Å². The SMILES string of the molecule is NC(=O)[C@@H](NC(=O)Cc1ccc(-n2cccn2)cc1)c1ccccc1. The molecule has 0 aliphatic carbocycles. The molecule has 0 aliphatic rings. The van der Waals surface area contributed by atoms with Crippen molar-refractivity contribution < 1.29 is 9.59 Å². The van der Waals surface area contributed by atoms with Gasteiger partial charge in [-0.3, -0.25) is 9.59 Å². The number of nitrogens with zero attached hydrogens (tertiary/aromatic N) is 2. The van der Waals surface area contributed by atoms with E-state index < -0.39 is 11.9 Å². The first kappa shape index (κ1) is 16.4. The summed E-state index contributed by atoms with van der Waals surface area (Å²) in [6.07, 6.45) is 3.71. The number of nitrogens with two attached hydrogens (primary N) is 1. The first-order valence-corrected chi connectivity index (χ1v) is 7.86. The number of amides is 2. The number of primary amides is 1. The molecule has 1 heterocycles. The Morgan fingerprint density at radius 2 is 1.76 bits per heavy atom. The van der Waals surface area contributed by atoms with Crippen molar-refractivity contribution in [2.75, 3.05) is 0 Å². The molecule has 0 saturated carbocycles. The number of nitrogens with one attached hydrogen (secondary N) is 1. The highest BCUT2D eigenvalue weighted by molar-refractivity contribution is 5.88. The average molecular weight is 334 g/mol. The minimum Gasteiger partial charge on any atom is -0.368 e. The molecule has 0 aliphatic heterocycles. The number of carbonyl (C=O) groups is 2. The smallest absolute Gasteiger partial charge is 0.244 e.